The standard InChI is InChI=1S/C30H29N3O6S/c1-18-9-11-22(13-20(18)3)31-28(35)17-39-24-12-10-21(14-25(24)38-4)15-26-29(36)33(30(37)40-26)16-27(34)32-23-8-6-5-7-19(23)2/h5-15H,16-17H2,1-4H3,(H,31,35)(H,32,34)/b26-15+. The van der Waals surface area contributed by atoms with Gasteiger partial charge in [0.2, 0.25) is 5.91 Å². The molecule has 0 radical (unpaired) electrons. The van der Waals surface area contributed by atoms with Crippen LogP contribution in [0.2, 0.25) is 0 Å². The van der Waals surface area contributed by atoms with E-state index in [0.717, 1.165) is 33.4 Å². The second-order valence-corrected chi connectivity index (χ2v) is 10.2. The molecule has 3 aromatic rings. The molecular weight excluding hydrogens is 530 g/mol. The fourth-order valence-corrected chi connectivity index (χ4v) is 4.73. The Balaban J connectivity index is 1.38. The predicted molar refractivity (Wildman–Crippen MR) is 156 cm³/mol. The molecule has 1 aliphatic heterocycles. The van der Waals surface area contributed by atoms with Crippen LogP contribution in [-0.4, -0.2) is 48.1 Å². The number of anilines is 2. The number of hydrogen-bond acceptors (Lipinski definition) is 7. The Kier molecular flexibility index (Phi) is 8.90. The molecule has 0 atom stereocenters. The van der Waals surface area contributed by atoms with Crippen LogP contribution in [0.4, 0.5) is 16.2 Å². The number of nitrogens with one attached hydrogen (secondary N) is 2. The van der Waals surface area contributed by atoms with E-state index in [0.29, 0.717) is 28.4 Å². The molecule has 2 N–H and O–H groups in total. The van der Waals surface area contributed by atoms with Gasteiger partial charge >= 0.3 is 0 Å². The number of rotatable bonds is 9. The monoisotopic (exact) mass is 559 g/mol. The first-order chi connectivity index (χ1) is 19.1. The Morgan fingerprint density at radius 1 is 0.875 bits per heavy atom. The highest BCUT2D eigenvalue weighted by Gasteiger charge is 2.36. The van der Waals surface area contributed by atoms with Gasteiger partial charge in [0, 0.05) is 11.4 Å². The van der Waals surface area contributed by atoms with Crippen molar-refractivity contribution in [3.05, 3.63) is 87.8 Å². The van der Waals surface area contributed by atoms with E-state index in [2.05, 4.69) is 10.6 Å². The maximum Gasteiger partial charge on any atom is 0.294 e. The lowest BCUT2D eigenvalue weighted by Crippen LogP contribution is -2.36. The van der Waals surface area contributed by atoms with Crippen LogP contribution in [0, 0.1) is 20.8 Å². The van der Waals surface area contributed by atoms with Crippen LogP contribution in [-0.2, 0) is 14.4 Å². The Bertz CT molecular complexity index is 1520. The fourth-order valence-electron chi connectivity index (χ4n) is 3.89. The van der Waals surface area contributed by atoms with Crippen LogP contribution in [0.15, 0.2) is 65.6 Å². The Labute approximate surface area is 236 Å². The summed E-state index contributed by atoms with van der Waals surface area (Å²) >= 11 is 0.756. The number of aryl methyl sites for hydroxylation is 3. The Morgan fingerprint density at radius 3 is 2.38 bits per heavy atom. The summed E-state index contributed by atoms with van der Waals surface area (Å²) in [6, 6.07) is 17.8. The first-order valence-electron chi connectivity index (χ1n) is 12.4. The molecule has 9 nitrogen and oxygen atoms in total. The molecule has 0 saturated carbocycles. The van der Waals surface area contributed by atoms with Gasteiger partial charge in [0.15, 0.2) is 18.1 Å². The topological polar surface area (TPSA) is 114 Å². The molecule has 40 heavy (non-hydrogen) atoms. The van der Waals surface area contributed by atoms with Crippen LogP contribution >= 0.6 is 11.8 Å². The lowest BCUT2D eigenvalue weighted by atomic mass is 10.1. The van der Waals surface area contributed by atoms with Gasteiger partial charge in [0.25, 0.3) is 17.1 Å². The molecule has 1 heterocycles. The minimum Gasteiger partial charge on any atom is -0.493 e. The molecule has 0 aliphatic carbocycles. The summed E-state index contributed by atoms with van der Waals surface area (Å²) in [5.74, 6) is -0.658. The van der Waals surface area contributed by atoms with E-state index in [-0.39, 0.29) is 17.4 Å². The molecule has 0 spiro atoms. The number of amides is 4. The van der Waals surface area contributed by atoms with Gasteiger partial charge in [-0.25, -0.2) is 0 Å². The molecule has 206 valence electrons. The van der Waals surface area contributed by atoms with Gasteiger partial charge < -0.3 is 20.1 Å². The predicted octanol–water partition coefficient (Wildman–Crippen LogP) is 5.31. The number of methoxy groups -OCH3 is 1. The number of imide groups is 1. The van der Waals surface area contributed by atoms with Crippen LogP contribution in [0.3, 0.4) is 0 Å². The summed E-state index contributed by atoms with van der Waals surface area (Å²) in [7, 11) is 1.46. The van der Waals surface area contributed by atoms with E-state index < -0.39 is 23.6 Å². The Morgan fingerprint density at radius 2 is 1.65 bits per heavy atom. The van der Waals surface area contributed by atoms with Crippen LogP contribution in [0.5, 0.6) is 11.5 Å². The number of thioether (sulfide) groups is 1. The second-order valence-electron chi connectivity index (χ2n) is 9.18. The summed E-state index contributed by atoms with van der Waals surface area (Å²) < 4.78 is 11.1. The van der Waals surface area contributed by atoms with Crippen molar-refractivity contribution >= 4 is 52.2 Å². The van der Waals surface area contributed by atoms with Gasteiger partial charge in [-0.2, -0.15) is 0 Å². The highest BCUT2D eigenvalue weighted by atomic mass is 32.2. The van der Waals surface area contributed by atoms with E-state index in [9.17, 15) is 19.2 Å². The highest BCUT2D eigenvalue weighted by Crippen LogP contribution is 2.34. The maximum absolute atomic E-state index is 12.9. The Hall–Kier alpha value is -4.57. The lowest BCUT2D eigenvalue weighted by Gasteiger charge is -2.13. The smallest absolute Gasteiger partial charge is 0.294 e. The quantitative estimate of drug-likeness (QED) is 0.342. The van der Waals surface area contributed by atoms with Crippen molar-refractivity contribution in [2.75, 3.05) is 30.9 Å². The zero-order chi connectivity index (χ0) is 28.8. The molecule has 3 aromatic carbocycles. The van der Waals surface area contributed by atoms with Crippen molar-refractivity contribution in [3.63, 3.8) is 0 Å². The first kappa shape index (κ1) is 28.4. The number of hydrogen-bond donors (Lipinski definition) is 2. The molecule has 1 fully saturated rings. The third-order valence-electron chi connectivity index (χ3n) is 6.23. The number of para-hydroxylation sites is 1. The molecule has 0 unspecified atom stereocenters. The molecule has 4 amide bonds. The van der Waals surface area contributed by atoms with Crippen LogP contribution in [0.25, 0.3) is 6.08 Å². The molecule has 10 heteroatoms. The van der Waals surface area contributed by atoms with E-state index in [4.69, 9.17) is 9.47 Å². The average molecular weight is 560 g/mol. The number of ether oxygens (including phenoxy) is 2. The average Bonchev–Trinajstić information content (AvgIpc) is 3.18. The SMILES string of the molecule is COc1cc(/C=C2/SC(=O)N(CC(=O)Nc3ccccc3C)C2=O)ccc1OCC(=O)Nc1ccc(C)c(C)c1. The van der Waals surface area contributed by atoms with Gasteiger partial charge in [0.1, 0.15) is 6.54 Å². The highest BCUT2D eigenvalue weighted by molar-refractivity contribution is 8.18. The molecule has 1 saturated heterocycles. The number of carbonyl (C=O) groups excluding carboxylic acids is 4. The number of benzene rings is 3. The maximum atomic E-state index is 12.9. The second kappa shape index (κ2) is 12.5. The van der Waals surface area contributed by atoms with Gasteiger partial charge in [-0.3, -0.25) is 24.1 Å². The molecule has 0 bridgehead atoms. The van der Waals surface area contributed by atoms with Crippen molar-refractivity contribution in [2.24, 2.45) is 0 Å². The van der Waals surface area contributed by atoms with E-state index >= 15 is 0 Å². The van der Waals surface area contributed by atoms with Gasteiger partial charge in [-0.1, -0.05) is 30.3 Å². The van der Waals surface area contributed by atoms with Crippen molar-refractivity contribution in [1.82, 2.24) is 4.90 Å². The van der Waals surface area contributed by atoms with Crippen molar-refractivity contribution in [3.8, 4) is 11.5 Å². The zero-order valence-corrected chi connectivity index (χ0v) is 23.4. The minimum atomic E-state index is -0.558. The van der Waals surface area contributed by atoms with E-state index in [1.165, 1.54) is 7.11 Å². The first-order valence-corrected chi connectivity index (χ1v) is 13.2. The number of carbonyl (C=O) groups is 4. The zero-order valence-electron chi connectivity index (χ0n) is 22.6. The molecule has 0 aromatic heterocycles. The van der Waals surface area contributed by atoms with Gasteiger partial charge in [-0.15, -0.1) is 0 Å². The van der Waals surface area contributed by atoms with Crippen molar-refractivity contribution < 1.29 is 28.7 Å². The van der Waals surface area contributed by atoms with Gasteiger partial charge in [-0.05, 0) is 91.2 Å². The fraction of sp³-hybridized carbons (Fsp3) is 0.200. The summed E-state index contributed by atoms with van der Waals surface area (Å²) in [4.78, 5) is 51.4. The molecular formula is C30H29N3O6S. The molecule has 4 rings (SSSR count). The van der Waals surface area contributed by atoms with Crippen molar-refractivity contribution in [2.45, 2.75) is 20.8 Å². The summed E-state index contributed by atoms with van der Waals surface area (Å²) in [5, 5.41) is 5.00. The van der Waals surface area contributed by atoms with Crippen LogP contribution < -0.4 is 20.1 Å². The third-order valence-corrected chi connectivity index (χ3v) is 7.14. The van der Waals surface area contributed by atoms with Gasteiger partial charge in [0.05, 0.1) is 12.0 Å². The van der Waals surface area contributed by atoms with Crippen LogP contribution in [0.1, 0.15) is 22.3 Å². The summed E-state index contributed by atoms with van der Waals surface area (Å²) in [6.45, 7) is 5.20. The number of nitrogens with zero attached hydrogens (tertiary/aromatic N) is 1. The van der Waals surface area contributed by atoms with Crippen molar-refractivity contribution in [1.29, 1.82) is 0 Å². The largest absolute Gasteiger partial charge is 0.493 e. The summed E-state index contributed by atoms with van der Waals surface area (Å²) in [6.07, 6.45) is 1.54. The van der Waals surface area contributed by atoms with E-state index in [1.54, 1.807) is 36.4 Å². The minimum absolute atomic E-state index is 0.178. The van der Waals surface area contributed by atoms with E-state index in [1.807, 2.05) is 51.1 Å². The third kappa shape index (κ3) is 6.89. The lowest BCUT2D eigenvalue weighted by molar-refractivity contribution is -0.127. The summed E-state index contributed by atoms with van der Waals surface area (Å²) in [5.41, 5.74) is 4.95. The normalized spacial score (nSPS) is 13.9. The molecule has 1 aliphatic rings.